The third-order valence-corrected chi connectivity index (χ3v) is 6.40. The maximum absolute atomic E-state index is 13.0. The van der Waals surface area contributed by atoms with E-state index in [-0.39, 0.29) is 11.5 Å². The van der Waals surface area contributed by atoms with E-state index in [4.69, 9.17) is 4.98 Å². The zero-order valence-electron chi connectivity index (χ0n) is 19.8. The third kappa shape index (κ3) is 5.42. The molecule has 0 saturated carbocycles. The summed E-state index contributed by atoms with van der Waals surface area (Å²) >= 11 is 0. The van der Waals surface area contributed by atoms with Gasteiger partial charge >= 0.3 is 0 Å². The van der Waals surface area contributed by atoms with Crippen LogP contribution in [0.1, 0.15) is 47.8 Å². The monoisotopic (exact) mass is 447 g/mol. The number of nitrogens with zero attached hydrogens (tertiary/aromatic N) is 4. The number of hydrogen-bond donors (Lipinski definition) is 1. The number of pyridine rings is 1. The fraction of sp³-hybridized carbons (Fsp3) is 0.423. The molecule has 7 heteroatoms. The van der Waals surface area contributed by atoms with Crippen LogP contribution >= 0.6 is 0 Å². The van der Waals surface area contributed by atoms with Crippen LogP contribution in [0.25, 0.3) is 11.4 Å². The zero-order valence-corrected chi connectivity index (χ0v) is 19.8. The summed E-state index contributed by atoms with van der Waals surface area (Å²) in [7, 11) is 1.74. The number of aromatic nitrogens is 3. The van der Waals surface area contributed by atoms with Crippen molar-refractivity contribution >= 4 is 5.91 Å². The molecular formula is C26H33N5O2. The summed E-state index contributed by atoms with van der Waals surface area (Å²) in [5, 5.41) is 3.07. The molecule has 1 N–H and O–H groups in total. The number of carbonyl (C=O) groups excluding carboxylic acids is 1. The first-order chi connectivity index (χ1) is 15.9. The summed E-state index contributed by atoms with van der Waals surface area (Å²) in [5.41, 5.74) is 2.92. The van der Waals surface area contributed by atoms with Crippen LogP contribution in [0.15, 0.2) is 53.6 Å². The quantitative estimate of drug-likeness (QED) is 0.604. The number of carbonyl (C=O) groups is 1. The van der Waals surface area contributed by atoms with E-state index in [1.165, 1.54) is 19.3 Å². The van der Waals surface area contributed by atoms with E-state index in [9.17, 15) is 9.59 Å². The van der Waals surface area contributed by atoms with Gasteiger partial charge < -0.3 is 14.5 Å². The van der Waals surface area contributed by atoms with Crippen molar-refractivity contribution in [2.75, 3.05) is 19.6 Å². The molecule has 0 bridgehead atoms. The predicted molar refractivity (Wildman–Crippen MR) is 130 cm³/mol. The van der Waals surface area contributed by atoms with Crippen LogP contribution in [0.4, 0.5) is 0 Å². The van der Waals surface area contributed by atoms with Crippen LogP contribution in [0.5, 0.6) is 0 Å². The number of likely N-dealkylation sites (tertiary alicyclic amines) is 1. The Bertz CT molecular complexity index is 1130. The van der Waals surface area contributed by atoms with E-state index >= 15 is 0 Å². The molecule has 1 amide bonds. The molecule has 1 aromatic carbocycles. The van der Waals surface area contributed by atoms with Crippen molar-refractivity contribution in [3.05, 3.63) is 76.0 Å². The van der Waals surface area contributed by atoms with Gasteiger partial charge in [0.15, 0.2) is 0 Å². The maximum Gasteiger partial charge on any atom is 0.271 e. The van der Waals surface area contributed by atoms with E-state index in [1.54, 1.807) is 24.7 Å². The number of piperidine rings is 1. The van der Waals surface area contributed by atoms with E-state index in [0.717, 1.165) is 24.2 Å². The second kappa shape index (κ2) is 10.2. The Morgan fingerprint density at radius 3 is 2.55 bits per heavy atom. The van der Waals surface area contributed by atoms with Crippen molar-refractivity contribution in [3.63, 3.8) is 0 Å². The Morgan fingerprint density at radius 2 is 1.85 bits per heavy atom. The standard InChI is InChI=1S/C26H33N5O2/c1-19-14-22(17-29(3)26(19)33)24-28-23(18-31(24)16-21-10-6-4-7-11-21)25(32)27-15-20(2)30-12-8-5-9-13-30/h4,6-7,10-11,14,17-18,20H,5,8-9,12-13,15-16H2,1-3H3,(H,27,32). The summed E-state index contributed by atoms with van der Waals surface area (Å²) in [6.45, 7) is 7.34. The molecule has 1 atom stereocenters. The lowest BCUT2D eigenvalue weighted by Gasteiger charge is -2.32. The molecule has 2 aromatic heterocycles. The molecule has 174 valence electrons. The minimum absolute atomic E-state index is 0.0374. The summed E-state index contributed by atoms with van der Waals surface area (Å²) in [5.74, 6) is 0.500. The Morgan fingerprint density at radius 1 is 1.12 bits per heavy atom. The van der Waals surface area contributed by atoms with Gasteiger partial charge in [-0.15, -0.1) is 0 Å². The van der Waals surface area contributed by atoms with E-state index in [1.807, 2.05) is 35.0 Å². The van der Waals surface area contributed by atoms with Crippen molar-refractivity contribution in [1.82, 2.24) is 24.3 Å². The molecule has 0 radical (unpaired) electrons. The van der Waals surface area contributed by atoms with Crippen LogP contribution in [0.2, 0.25) is 0 Å². The fourth-order valence-corrected chi connectivity index (χ4v) is 4.48. The average Bonchev–Trinajstić information content (AvgIpc) is 3.25. The van der Waals surface area contributed by atoms with Gasteiger partial charge in [0.2, 0.25) is 0 Å². The van der Waals surface area contributed by atoms with E-state index in [2.05, 4.69) is 29.3 Å². The lowest BCUT2D eigenvalue weighted by atomic mass is 10.1. The van der Waals surface area contributed by atoms with Crippen molar-refractivity contribution in [1.29, 1.82) is 0 Å². The van der Waals surface area contributed by atoms with Gasteiger partial charge in [-0.25, -0.2) is 4.98 Å². The second-order valence-electron chi connectivity index (χ2n) is 9.05. The maximum atomic E-state index is 13.0. The summed E-state index contributed by atoms with van der Waals surface area (Å²) < 4.78 is 3.55. The lowest BCUT2D eigenvalue weighted by Crippen LogP contribution is -2.44. The molecule has 0 spiro atoms. The van der Waals surface area contributed by atoms with Crippen LogP contribution in [0, 0.1) is 6.92 Å². The predicted octanol–water partition coefficient (Wildman–Crippen LogP) is 3.21. The number of benzene rings is 1. The summed E-state index contributed by atoms with van der Waals surface area (Å²) in [6, 6.07) is 12.2. The third-order valence-electron chi connectivity index (χ3n) is 6.40. The van der Waals surface area contributed by atoms with Crippen LogP contribution in [0.3, 0.4) is 0 Å². The molecular weight excluding hydrogens is 414 g/mol. The van der Waals surface area contributed by atoms with Crippen LogP contribution in [-0.2, 0) is 13.6 Å². The SMILES string of the molecule is Cc1cc(-c2nc(C(=O)NCC(C)N3CCCCC3)cn2Cc2ccccc2)cn(C)c1=O. The normalized spacial score (nSPS) is 15.4. The van der Waals surface area contributed by atoms with Crippen LogP contribution in [-0.4, -0.2) is 50.6 Å². The highest BCUT2D eigenvalue weighted by atomic mass is 16.2. The minimum atomic E-state index is -0.173. The highest BCUT2D eigenvalue weighted by Gasteiger charge is 2.20. The molecule has 33 heavy (non-hydrogen) atoms. The molecule has 3 heterocycles. The number of amides is 1. The lowest BCUT2D eigenvalue weighted by molar-refractivity contribution is 0.0925. The van der Waals surface area contributed by atoms with Crippen molar-refractivity contribution in [2.45, 2.75) is 45.7 Å². The molecule has 1 aliphatic rings. The zero-order chi connectivity index (χ0) is 23.4. The van der Waals surface area contributed by atoms with Crippen molar-refractivity contribution < 1.29 is 4.79 Å². The van der Waals surface area contributed by atoms with Gasteiger partial charge in [-0.3, -0.25) is 14.5 Å². The largest absolute Gasteiger partial charge is 0.349 e. The topological polar surface area (TPSA) is 72.2 Å². The van der Waals surface area contributed by atoms with E-state index < -0.39 is 0 Å². The highest BCUT2D eigenvalue weighted by Crippen LogP contribution is 2.21. The Labute approximate surface area is 195 Å². The highest BCUT2D eigenvalue weighted by molar-refractivity contribution is 5.92. The Balaban J connectivity index is 1.58. The van der Waals surface area contributed by atoms with Crippen molar-refractivity contribution in [3.8, 4) is 11.4 Å². The first kappa shape index (κ1) is 23.0. The van der Waals surface area contributed by atoms with Crippen molar-refractivity contribution in [2.24, 2.45) is 7.05 Å². The van der Waals surface area contributed by atoms with Gasteiger partial charge in [-0.2, -0.15) is 0 Å². The second-order valence-corrected chi connectivity index (χ2v) is 9.05. The number of rotatable bonds is 7. The number of imidazole rings is 1. The van der Waals surface area contributed by atoms with Gasteiger partial charge in [0.05, 0.1) is 0 Å². The van der Waals surface area contributed by atoms with Gasteiger partial charge in [-0.05, 0) is 51.4 Å². The van der Waals surface area contributed by atoms with Crippen LogP contribution < -0.4 is 10.9 Å². The molecule has 1 saturated heterocycles. The van der Waals surface area contributed by atoms with E-state index in [0.29, 0.717) is 36.2 Å². The Hall–Kier alpha value is -3.19. The van der Waals surface area contributed by atoms with Gasteiger partial charge in [0.1, 0.15) is 11.5 Å². The number of hydrogen-bond acceptors (Lipinski definition) is 4. The molecule has 1 unspecified atom stereocenters. The van der Waals surface area contributed by atoms with Gasteiger partial charge in [0.25, 0.3) is 11.5 Å². The molecule has 4 rings (SSSR count). The molecule has 3 aromatic rings. The molecule has 1 aliphatic heterocycles. The average molecular weight is 448 g/mol. The molecule has 7 nitrogen and oxygen atoms in total. The van der Waals surface area contributed by atoms with Gasteiger partial charge in [0, 0.05) is 49.7 Å². The summed E-state index contributed by atoms with van der Waals surface area (Å²) in [4.78, 5) is 32.3. The first-order valence-corrected chi connectivity index (χ1v) is 11.7. The van der Waals surface area contributed by atoms with Gasteiger partial charge in [-0.1, -0.05) is 36.8 Å². The smallest absolute Gasteiger partial charge is 0.271 e. The fourth-order valence-electron chi connectivity index (χ4n) is 4.48. The Kier molecular flexibility index (Phi) is 7.08. The molecule has 0 aliphatic carbocycles. The number of nitrogens with one attached hydrogen (secondary N) is 1. The summed E-state index contributed by atoms with van der Waals surface area (Å²) in [6.07, 6.45) is 7.33. The minimum Gasteiger partial charge on any atom is -0.349 e. The first-order valence-electron chi connectivity index (χ1n) is 11.7. The molecule has 1 fully saturated rings. The number of aryl methyl sites for hydroxylation is 2.